The molecule has 0 fully saturated rings. The summed E-state index contributed by atoms with van der Waals surface area (Å²) < 4.78 is 0. The number of aromatic amines is 1. The predicted octanol–water partition coefficient (Wildman–Crippen LogP) is 3.64. The Morgan fingerprint density at radius 1 is 1.20 bits per heavy atom. The average Bonchev–Trinajstić information content (AvgIpc) is 2.79. The minimum absolute atomic E-state index is 0.789. The van der Waals surface area contributed by atoms with Crippen molar-refractivity contribution in [1.29, 1.82) is 0 Å². The van der Waals surface area contributed by atoms with Gasteiger partial charge < -0.3 is 15.2 Å². The minimum atomic E-state index is 0.789. The van der Waals surface area contributed by atoms with E-state index in [1.54, 1.807) is 0 Å². The van der Waals surface area contributed by atoms with Gasteiger partial charge in [-0.2, -0.15) is 0 Å². The van der Waals surface area contributed by atoms with Crippen molar-refractivity contribution in [1.82, 2.24) is 15.2 Å². The second-order valence-corrected chi connectivity index (χ2v) is 5.45. The van der Waals surface area contributed by atoms with Crippen LogP contribution in [0.3, 0.4) is 0 Å². The van der Waals surface area contributed by atoms with Crippen LogP contribution in [0.15, 0.2) is 24.3 Å². The van der Waals surface area contributed by atoms with E-state index in [9.17, 15) is 0 Å². The summed E-state index contributed by atoms with van der Waals surface area (Å²) in [6.45, 7) is 9.58. The Morgan fingerprint density at radius 3 is 2.70 bits per heavy atom. The summed E-state index contributed by atoms with van der Waals surface area (Å²) in [5.74, 6) is 0. The van der Waals surface area contributed by atoms with Gasteiger partial charge in [0.2, 0.25) is 0 Å². The highest BCUT2D eigenvalue weighted by Crippen LogP contribution is 2.26. The van der Waals surface area contributed by atoms with Crippen molar-refractivity contribution < 1.29 is 0 Å². The van der Waals surface area contributed by atoms with Gasteiger partial charge in [0.1, 0.15) is 0 Å². The van der Waals surface area contributed by atoms with E-state index >= 15 is 0 Å². The third kappa shape index (κ3) is 3.75. The van der Waals surface area contributed by atoms with Gasteiger partial charge in [-0.25, -0.2) is 0 Å². The van der Waals surface area contributed by atoms with Gasteiger partial charge >= 0.3 is 0 Å². The molecule has 2 N–H and O–H groups in total. The molecule has 0 amide bonds. The summed E-state index contributed by atoms with van der Waals surface area (Å²) in [4.78, 5) is 5.84. The van der Waals surface area contributed by atoms with Gasteiger partial charge in [0, 0.05) is 36.2 Å². The number of H-pyrrole nitrogens is 1. The van der Waals surface area contributed by atoms with Crippen LogP contribution in [0.25, 0.3) is 10.9 Å². The molecule has 1 heterocycles. The lowest BCUT2D eigenvalue weighted by atomic mass is 10.2. The van der Waals surface area contributed by atoms with Gasteiger partial charge in [-0.1, -0.05) is 43.6 Å². The highest BCUT2D eigenvalue weighted by atomic mass is 35.5. The number of rotatable bonds is 8. The number of fused-ring (bicyclic) bond motifs is 1. The van der Waals surface area contributed by atoms with Gasteiger partial charge in [-0.05, 0) is 25.6 Å². The van der Waals surface area contributed by atoms with Crippen LogP contribution in [0.2, 0.25) is 5.02 Å². The van der Waals surface area contributed by atoms with Crippen LogP contribution in [0.4, 0.5) is 0 Å². The van der Waals surface area contributed by atoms with Gasteiger partial charge in [-0.15, -0.1) is 0 Å². The fraction of sp³-hybridized carbons (Fsp3) is 0.500. The lowest BCUT2D eigenvalue weighted by Crippen LogP contribution is -2.32. The van der Waals surface area contributed by atoms with Gasteiger partial charge in [0.25, 0.3) is 0 Å². The molecule has 0 bridgehead atoms. The lowest BCUT2D eigenvalue weighted by Gasteiger charge is -2.19. The number of hydrogen-bond acceptors (Lipinski definition) is 2. The standard InChI is InChI=1S/C16H24ClN3/c1-3-10-20(4-2)11-9-18-12-15-16(17)13-7-5-6-8-14(13)19-15/h5-8,18-19H,3-4,9-12H2,1-2H3. The van der Waals surface area contributed by atoms with Crippen LogP contribution in [-0.2, 0) is 6.54 Å². The molecule has 3 nitrogen and oxygen atoms in total. The summed E-state index contributed by atoms with van der Waals surface area (Å²) in [6, 6.07) is 8.15. The van der Waals surface area contributed by atoms with Gasteiger partial charge in [-0.3, -0.25) is 0 Å². The van der Waals surface area contributed by atoms with Crippen molar-refractivity contribution in [2.24, 2.45) is 0 Å². The zero-order valence-corrected chi connectivity index (χ0v) is 13.1. The normalized spacial score (nSPS) is 11.6. The number of halogens is 1. The zero-order chi connectivity index (χ0) is 14.4. The minimum Gasteiger partial charge on any atom is -0.356 e. The zero-order valence-electron chi connectivity index (χ0n) is 12.4. The van der Waals surface area contributed by atoms with E-state index < -0.39 is 0 Å². The molecule has 0 aliphatic rings. The second kappa shape index (κ2) is 7.67. The van der Waals surface area contributed by atoms with E-state index in [4.69, 9.17) is 11.6 Å². The predicted molar refractivity (Wildman–Crippen MR) is 87.4 cm³/mol. The molecule has 0 unspecified atom stereocenters. The maximum absolute atomic E-state index is 6.39. The summed E-state index contributed by atoms with van der Waals surface area (Å²) >= 11 is 6.39. The van der Waals surface area contributed by atoms with E-state index in [0.717, 1.165) is 47.8 Å². The molecule has 0 aliphatic heterocycles. The Balaban J connectivity index is 1.85. The number of nitrogens with zero attached hydrogens (tertiary/aromatic N) is 1. The van der Waals surface area contributed by atoms with Crippen LogP contribution in [-0.4, -0.2) is 36.1 Å². The Labute approximate surface area is 126 Å². The van der Waals surface area contributed by atoms with E-state index in [1.165, 1.54) is 13.0 Å². The Kier molecular flexibility index (Phi) is 5.89. The third-order valence-electron chi connectivity index (χ3n) is 3.61. The molecule has 2 rings (SSSR count). The number of nitrogens with one attached hydrogen (secondary N) is 2. The van der Waals surface area contributed by atoms with Crippen molar-refractivity contribution in [2.75, 3.05) is 26.2 Å². The molecule has 0 atom stereocenters. The van der Waals surface area contributed by atoms with Crippen LogP contribution < -0.4 is 5.32 Å². The first-order valence-electron chi connectivity index (χ1n) is 7.44. The number of aromatic nitrogens is 1. The number of hydrogen-bond donors (Lipinski definition) is 2. The molecule has 20 heavy (non-hydrogen) atoms. The first-order valence-corrected chi connectivity index (χ1v) is 7.82. The molecule has 1 aromatic heterocycles. The van der Waals surface area contributed by atoms with Crippen LogP contribution in [0.5, 0.6) is 0 Å². The molecule has 0 saturated carbocycles. The summed E-state index contributed by atoms with van der Waals surface area (Å²) in [6.07, 6.45) is 1.21. The third-order valence-corrected chi connectivity index (χ3v) is 4.04. The first-order chi connectivity index (χ1) is 9.76. The summed E-state index contributed by atoms with van der Waals surface area (Å²) in [7, 11) is 0. The quantitative estimate of drug-likeness (QED) is 0.728. The molecule has 0 radical (unpaired) electrons. The molecular weight excluding hydrogens is 270 g/mol. The fourth-order valence-electron chi connectivity index (χ4n) is 2.48. The van der Waals surface area contributed by atoms with Crippen molar-refractivity contribution >= 4 is 22.5 Å². The molecule has 2 aromatic rings. The fourth-order valence-corrected chi connectivity index (χ4v) is 2.76. The van der Waals surface area contributed by atoms with Crippen molar-refractivity contribution in [3.8, 4) is 0 Å². The van der Waals surface area contributed by atoms with Crippen LogP contribution in [0.1, 0.15) is 26.0 Å². The van der Waals surface area contributed by atoms with E-state index in [-0.39, 0.29) is 0 Å². The van der Waals surface area contributed by atoms with E-state index in [2.05, 4.69) is 41.2 Å². The van der Waals surface area contributed by atoms with Crippen LogP contribution in [0, 0.1) is 0 Å². The van der Waals surface area contributed by atoms with Crippen LogP contribution >= 0.6 is 11.6 Å². The van der Waals surface area contributed by atoms with Crippen molar-refractivity contribution in [3.63, 3.8) is 0 Å². The van der Waals surface area contributed by atoms with Gasteiger partial charge in [0.05, 0.1) is 5.02 Å². The SMILES string of the molecule is CCCN(CC)CCNCc1[nH]c2ccccc2c1Cl. The Morgan fingerprint density at radius 2 is 2.00 bits per heavy atom. The monoisotopic (exact) mass is 293 g/mol. The van der Waals surface area contributed by atoms with Crippen molar-refractivity contribution in [3.05, 3.63) is 35.0 Å². The number of para-hydroxylation sites is 1. The largest absolute Gasteiger partial charge is 0.356 e. The maximum Gasteiger partial charge on any atom is 0.0705 e. The molecule has 1 aromatic carbocycles. The maximum atomic E-state index is 6.39. The number of likely N-dealkylation sites (N-methyl/N-ethyl adjacent to an activating group) is 1. The summed E-state index contributed by atoms with van der Waals surface area (Å²) in [5.41, 5.74) is 2.18. The second-order valence-electron chi connectivity index (χ2n) is 5.07. The Bertz CT molecular complexity index is 536. The smallest absolute Gasteiger partial charge is 0.0705 e. The molecule has 0 aliphatic carbocycles. The summed E-state index contributed by atoms with van der Waals surface area (Å²) in [5, 5.41) is 5.41. The van der Waals surface area contributed by atoms with E-state index in [0.29, 0.717) is 0 Å². The van der Waals surface area contributed by atoms with Gasteiger partial charge in [0.15, 0.2) is 0 Å². The molecule has 0 saturated heterocycles. The molecule has 4 heteroatoms. The average molecular weight is 294 g/mol. The molecule has 110 valence electrons. The van der Waals surface area contributed by atoms with E-state index in [1.807, 2.05) is 12.1 Å². The highest BCUT2D eigenvalue weighted by molar-refractivity contribution is 6.36. The highest BCUT2D eigenvalue weighted by Gasteiger charge is 2.08. The molecular formula is C16H24ClN3. The topological polar surface area (TPSA) is 31.1 Å². The Hall–Kier alpha value is -1.03. The van der Waals surface area contributed by atoms with Crippen molar-refractivity contribution in [2.45, 2.75) is 26.8 Å². The first kappa shape index (κ1) is 15.4. The molecule has 0 spiro atoms. The number of benzene rings is 1. The lowest BCUT2D eigenvalue weighted by molar-refractivity contribution is 0.287.